The average molecular weight is 253 g/mol. The predicted molar refractivity (Wildman–Crippen MR) is 56.4 cm³/mol. The van der Waals surface area contributed by atoms with Crippen LogP contribution in [0.3, 0.4) is 0 Å². The Morgan fingerprint density at radius 2 is 1.88 bits per heavy atom. The number of esters is 1. The third-order valence-electron chi connectivity index (χ3n) is 2.76. The molecular formula is C11H18F3NO2. The van der Waals surface area contributed by atoms with Crippen LogP contribution in [-0.4, -0.2) is 30.8 Å². The number of carbonyl (C=O) groups is 1. The lowest BCUT2D eigenvalue weighted by Gasteiger charge is -2.39. The first kappa shape index (κ1) is 14.3. The molecule has 1 atom stereocenters. The van der Waals surface area contributed by atoms with Crippen molar-refractivity contribution in [2.24, 2.45) is 5.41 Å². The molecule has 0 saturated carbocycles. The van der Waals surface area contributed by atoms with Crippen molar-refractivity contribution < 1.29 is 22.7 Å². The molecule has 1 aliphatic heterocycles. The molecule has 1 heterocycles. The number of halogens is 3. The van der Waals surface area contributed by atoms with Gasteiger partial charge in [0.2, 0.25) is 5.60 Å². The van der Waals surface area contributed by atoms with Gasteiger partial charge in [-0.2, -0.15) is 13.2 Å². The first-order chi connectivity index (χ1) is 7.58. The van der Waals surface area contributed by atoms with Gasteiger partial charge in [-0.25, -0.2) is 0 Å². The Balaban J connectivity index is 2.89. The first-order valence-corrected chi connectivity index (χ1v) is 5.59. The van der Waals surface area contributed by atoms with Crippen molar-refractivity contribution in [1.29, 1.82) is 0 Å². The molecule has 6 heteroatoms. The number of carbonyl (C=O) groups excluding carboxylic acids is 1. The number of piperidine rings is 1. The maximum absolute atomic E-state index is 13.0. The van der Waals surface area contributed by atoms with Gasteiger partial charge in [0.15, 0.2) is 0 Å². The standard InChI is InChI=1S/C11H18F3NO2/c1-9(2,3)8(16)17-10(11(12,13)14)5-4-6-15-7-10/h15H,4-7H2,1-3H3. The maximum Gasteiger partial charge on any atom is 0.429 e. The fraction of sp³-hybridized carbons (Fsp3) is 0.909. The molecule has 3 nitrogen and oxygen atoms in total. The van der Waals surface area contributed by atoms with Crippen molar-refractivity contribution in [2.75, 3.05) is 13.1 Å². The average Bonchev–Trinajstić information content (AvgIpc) is 2.16. The summed E-state index contributed by atoms with van der Waals surface area (Å²) in [6, 6.07) is 0. The van der Waals surface area contributed by atoms with E-state index in [2.05, 4.69) is 5.32 Å². The molecule has 0 aromatic carbocycles. The van der Waals surface area contributed by atoms with Crippen LogP contribution in [0.2, 0.25) is 0 Å². The van der Waals surface area contributed by atoms with E-state index in [1.165, 1.54) is 20.8 Å². The SMILES string of the molecule is CC(C)(C)C(=O)OC1(C(F)(F)F)CCCNC1. The number of hydrogen-bond acceptors (Lipinski definition) is 3. The highest BCUT2D eigenvalue weighted by Gasteiger charge is 2.59. The minimum atomic E-state index is -4.54. The number of rotatable bonds is 1. The van der Waals surface area contributed by atoms with E-state index in [4.69, 9.17) is 4.74 Å². The van der Waals surface area contributed by atoms with E-state index < -0.39 is 23.2 Å². The van der Waals surface area contributed by atoms with E-state index in [-0.39, 0.29) is 13.0 Å². The molecule has 1 rings (SSSR count). The second kappa shape index (κ2) is 4.48. The van der Waals surface area contributed by atoms with Crippen LogP contribution in [0.1, 0.15) is 33.6 Å². The molecule has 1 unspecified atom stereocenters. The zero-order valence-corrected chi connectivity index (χ0v) is 10.3. The third-order valence-corrected chi connectivity index (χ3v) is 2.76. The monoisotopic (exact) mass is 253 g/mol. The van der Waals surface area contributed by atoms with Gasteiger partial charge in [-0.1, -0.05) is 0 Å². The maximum atomic E-state index is 13.0. The van der Waals surface area contributed by atoms with E-state index in [9.17, 15) is 18.0 Å². The van der Waals surface area contributed by atoms with Gasteiger partial charge in [-0.05, 0) is 40.2 Å². The first-order valence-electron chi connectivity index (χ1n) is 5.59. The van der Waals surface area contributed by atoms with E-state index >= 15 is 0 Å². The Hall–Kier alpha value is -0.780. The van der Waals surface area contributed by atoms with Gasteiger partial charge in [0.05, 0.1) is 5.41 Å². The third kappa shape index (κ3) is 3.12. The van der Waals surface area contributed by atoms with Gasteiger partial charge < -0.3 is 10.1 Å². The van der Waals surface area contributed by atoms with Crippen LogP contribution in [0.4, 0.5) is 13.2 Å². The summed E-state index contributed by atoms with van der Waals surface area (Å²) >= 11 is 0. The smallest absolute Gasteiger partial charge is 0.429 e. The molecule has 17 heavy (non-hydrogen) atoms. The van der Waals surface area contributed by atoms with Crippen LogP contribution in [0, 0.1) is 5.41 Å². The molecule has 0 spiro atoms. The van der Waals surface area contributed by atoms with Crippen LogP contribution in [0.25, 0.3) is 0 Å². The zero-order chi connectivity index (χ0) is 13.3. The Labute approximate surface area is 98.7 Å². The molecule has 0 aromatic heterocycles. The van der Waals surface area contributed by atoms with E-state index in [1.54, 1.807) is 0 Å². The molecular weight excluding hydrogens is 235 g/mol. The van der Waals surface area contributed by atoms with Gasteiger partial charge in [-0.15, -0.1) is 0 Å². The summed E-state index contributed by atoms with van der Waals surface area (Å²) in [6.45, 7) is 4.77. The normalized spacial score (nSPS) is 26.7. The Bertz CT molecular complexity index is 288. The second-order valence-corrected chi connectivity index (χ2v) is 5.41. The Kier molecular flexibility index (Phi) is 3.76. The van der Waals surface area contributed by atoms with Crippen LogP contribution >= 0.6 is 0 Å². The lowest BCUT2D eigenvalue weighted by molar-refractivity contribution is -0.277. The number of alkyl halides is 3. The number of hydrogen-bond donors (Lipinski definition) is 1. The minimum absolute atomic E-state index is 0.175. The summed E-state index contributed by atoms with van der Waals surface area (Å²) in [5.41, 5.74) is -3.30. The molecule has 0 aliphatic carbocycles. The quantitative estimate of drug-likeness (QED) is 0.728. The van der Waals surface area contributed by atoms with Gasteiger partial charge in [0.1, 0.15) is 0 Å². The van der Waals surface area contributed by atoms with Crippen molar-refractivity contribution in [1.82, 2.24) is 5.32 Å². The van der Waals surface area contributed by atoms with Gasteiger partial charge in [0, 0.05) is 6.54 Å². The molecule has 1 aliphatic rings. The summed E-state index contributed by atoms with van der Waals surface area (Å²) in [5.74, 6) is -0.821. The molecule has 1 fully saturated rings. The van der Waals surface area contributed by atoms with Crippen LogP contribution in [0.5, 0.6) is 0 Å². The summed E-state index contributed by atoms with van der Waals surface area (Å²) in [5, 5.41) is 2.64. The lowest BCUT2D eigenvalue weighted by Crippen LogP contribution is -2.59. The highest BCUT2D eigenvalue weighted by atomic mass is 19.4. The van der Waals surface area contributed by atoms with E-state index in [1.807, 2.05) is 0 Å². The van der Waals surface area contributed by atoms with Gasteiger partial charge in [0.25, 0.3) is 0 Å². The fourth-order valence-corrected chi connectivity index (χ4v) is 1.60. The van der Waals surface area contributed by atoms with E-state index in [0.29, 0.717) is 13.0 Å². The molecule has 0 bridgehead atoms. The van der Waals surface area contributed by atoms with Crippen LogP contribution in [-0.2, 0) is 9.53 Å². The van der Waals surface area contributed by atoms with Crippen molar-refractivity contribution in [2.45, 2.75) is 45.4 Å². The largest absolute Gasteiger partial charge is 0.448 e. The van der Waals surface area contributed by atoms with Crippen molar-refractivity contribution in [3.05, 3.63) is 0 Å². The van der Waals surface area contributed by atoms with Crippen molar-refractivity contribution in [3.63, 3.8) is 0 Å². The molecule has 1 N–H and O–H groups in total. The molecule has 0 radical (unpaired) electrons. The topological polar surface area (TPSA) is 38.3 Å². The molecule has 0 amide bonds. The highest BCUT2D eigenvalue weighted by Crippen LogP contribution is 2.39. The van der Waals surface area contributed by atoms with Crippen LogP contribution in [0.15, 0.2) is 0 Å². The second-order valence-electron chi connectivity index (χ2n) is 5.41. The number of ether oxygens (including phenoxy) is 1. The van der Waals surface area contributed by atoms with Crippen molar-refractivity contribution in [3.8, 4) is 0 Å². The molecule has 100 valence electrons. The number of nitrogens with one attached hydrogen (secondary N) is 1. The van der Waals surface area contributed by atoms with Gasteiger partial charge in [-0.3, -0.25) is 4.79 Å². The molecule has 1 saturated heterocycles. The minimum Gasteiger partial charge on any atom is -0.448 e. The van der Waals surface area contributed by atoms with Gasteiger partial charge >= 0.3 is 12.1 Å². The Morgan fingerprint density at radius 1 is 1.29 bits per heavy atom. The fourth-order valence-electron chi connectivity index (χ4n) is 1.60. The van der Waals surface area contributed by atoms with Crippen molar-refractivity contribution >= 4 is 5.97 Å². The summed E-state index contributed by atoms with van der Waals surface area (Å²) < 4.78 is 43.9. The lowest BCUT2D eigenvalue weighted by atomic mass is 9.91. The highest BCUT2D eigenvalue weighted by molar-refractivity contribution is 5.76. The van der Waals surface area contributed by atoms with Crippen LogP contribution < -0.4 is 5.32 Å². The molecule has 0 aromatic rings. The summed E-state index contributed by atoms with van der Waals surface area (Å²) in [7, 11) is 0. The van der Waals surface area contributed by atoms with E-state index in [0.717, 1.165) is 0 Å². The summed E-state index contributed by atoms with van der Waals surface area (Å²) in [6.07, 6.45) is -4.37. The summed E-state index contributed by atoms with van der Waals surface area (Å²) in [4.78, 5) is 11.6. The predicted octanol–water partition coefficient (Wildman–Crippen LogP) is 2.26. The Morgan fingerprint density at radius 3 is 2.24 bits per heavy atom. The zero-order valence-electron chi connectivity index (χ0n) is 10.3.